The largest absolute Gasteiger partial charge is 0.506 e. The van der Waals surface area contributed by atoms with Crippen LogP contribution >= 0.6 is 11.6 Å². The van der Waals surface area contributed by atoms with Gasteiger partial charge in [-0.2, -0.15) is 0 Å². The van der Waals surface area contributed by atoms with Crippen molar-refractivity contribution in [3.8, 4) is 28.5 Å². The summed E-state index contributed by atoms with van der Waals surface area (Å²) in [6.07, 6.45) is 0. The van der Waals surface area contributed by atoms with E-state index < -0.39 is 0 Å². The minimum atomic E-state index is -0.147. The second-order valence-corrected chi connectivity index (χ2v) is 3.81. The van der Waals surface area contributed by atoms with E-state index in [1.54, 1.807) is 0 Å². The van der Waals surface area contributed by atoms with E-state index in [9.17, 15) is 5.11 Å². The summed E-state index contributed by atoms with van der Waals surface area (Å²) >= 11 is 6.04. The number of benzene rings is 1. The van der Waals surface area contributed by atoms with Crippen LogP contribution in [0.5, 0.6) is 17.2 Å². The third-order valence-corrected chi connectivity index (χ3v) is 2.75. The van der Waals surface area contributed by atoms with E-state index in [-0.39, 0.29) is 16.7 Å². The summed E-state index contributed by atoms with van der Waals surface area (Å²) in [5.41, 5.74) is 6.17. The molecule has 18 heavy (non-hydrogen) atoms. The number of halogens is 1. The number of nitrogens with two attached hydrogens (primary N) is 1. The first-order valence-electron chi connectivity index (χ1n) is 4.94. The molecule has 2 aromatic rings. The maximum atomic E-state index is 9.74. The molecule has 7 heteroatoms. The number of methoxy groups -OCH3 is 2. The van der Waals surface area contributed by atoms with Gasteiger partial charge in [0.15, 0.2) is 11.5 Å². The van der Waals surface area contributed by atoms with Gasteiger partial charge in [-0.1, -0.05) is 16.8 Å². The van der Waals surface area contributed by atoms with Gasteiger partial charge in [-0.3, -0.25) is 0 Å². The molecule has 0 saturated carbocycles. The number of phenolic OH excluding ortho intramolecular Hbond substituents is 1. The monoisotopic (exact) mass is 270 g/mol. The van der Waals surface area contributed by atoms with E-state index in [1.165, 1.54) is 26.4 Å². The van der Waals surface area contributed by atoms with Crippen molar-refractivity contribution >= 4 is 17.5 Å². The molecule has 0 radical (unpaired) electrons. The number of ether oxygens (including phenoxy) is 2. The molecular weight excluding hydrogens is 260 g/mol. The van der Waals surface area contributed by atoms with Gasteiger partial charge in [0.05, 0.1) is 24.8 Å². The summed E-state index contributed by atoms with van der Waals surface area (Å²) in [5.74, 6) is 0.654. The Labute approximate surface area is 108 Å². The lowest BCUT2D eigenvalue weighted by molar-refractivity contribution is 0.352. The number of rotatable bonds is 3. The number of anilines is 1. The van der Waals surface area contributed by atoms with Crippen molar-refractivity contribution in [1.29, 1.82) is 0 Å². The van der Waals surface area contributed by atoms with E-state index in [1.807, 2.05) is 0 Å². The van der Waals surface area contributed by atoms with Crippen molar-refractivity contribution in [2.24, 2.45) is 0 Å². The van der Waals surface area contributed by atoms with E-state index in [2.05, 4.69) is 5.16 Å². The highest BCUT2D eigenvalue weighted by molar-refractivity contribution is 6.35. The van der Waals surface area contributed by atoms with Gasteiger partial charge >= 0.3 is 0 Å². The van der Waals surface area contributed by atoms with E-state index in [4.69, 9.17) is 31.3 Å². The van der Waals surface area contributed by atoms with Crippen molar-refractivity contribution in [2.45, 2.75) is 0 Å². The van der Waals surface area contributed by atoms with Crippen molar-refractivity contribution in [3.63, 3.8) is 0 Å². The molecule has 0 aliphatic heterocycles. The molecule has 0 bridgehead atoms. The fourth-order valence-corrected chi connectivity index (χ4v) is 1.83. The molecule has 0 fully saturated rings. The average molecular weight is 271 g/mol. The second kappa shape index (κ2) is 4.66. The zero-order valence-electron chi connectivity index (χ0n) is 9.73. The lowest BCUT2D eigenvalue weighted by Gasteiger charge is -2.13. The Bertz CT molecular complexity index is 583. The smallest absolute Gasteiger partial charge is 0.222 e. The molecule has 0 saturated heterocycles. The first-order chi connectivity index (χ1) is 8.58. The highest BCUT2D eigenvalue weighted by Crippen LogP contribution is 2.47. The fraction of sp³-hybridized carbons (Fsp3) is 0.182. The molecule has 6 nitrogen and oxygen atoms in total. The summed E-state index contributed by atoms with van der Waals surface area (Å²) in [6, 6.07) is 2.83. The lowest BCUT2D eigenvalue weighted by atomic mass is 10.1. The number of aromatic nitrogens is 1. The maximum Gasteiger partial charge on any atom is 0.222 e. The van der Waals surface area contributed by atoms with Crippen molar-refractivity contribution in [1.82, 2.24) is 5.16 Å². The Kier molecular flexibility index (Phi) is 3.20. The summed E-state index contributed by atoms with van der Waals surface area (Å²) in [7, 11) is 2.91. The molecular formula is C11H11ClN2O4. The molecule has 0 unspecified atom stereocenters. The quantitative estimate of drug-likeness (QED) is 0.889. The SMILES string of the molecule is COc1cc(O)c(Cl)c(-c2cc(N)on2)c1OC. The van der Waals surface area contributed by atoms with Crippen molar-refractivity contribution in [2.75, 3.05) is 20.0 Å². The molecule has 1 aromatic heterocycles. The molecule has 0 spiro atoms. The van der Waals surface area contributed by atoms with Crippen LogP contribution in [0.2, 0.25) is 5.02 Å². The lowest BCUT2D eigenvalue weighted by Crippen LogP contribution is -1.95. The Morgan fingerprint density at radius 3 is 2.56 bits per heavy atom. The van der Waals surface area contributed by atoms with Gasteiger partial charge in [0.2, 0.25) is 5.88 Å². The minimum Gasteiger partial charge on any atom is -0.506 e. The topological polar surface area (TPSA) is 90.7 Å². The van der Waals surface area contributed by atoms with Crippen molar-refractivity contribution in [3.05, 3.63) is 17.2 Å². The minimum absolute atomic E-state index is 0.0842. The molecule has 3 N–H and O–H groups in total. The molecule has 0 aliphatic carbocycles. The fourth-order valence-electron chi connectivity index (χ4n) is 1.59. The normalized spacial score (nSPS) is 10.4. The highest BCUT2D eigenvalue weighted by atomic mass is 35.5. The zero-order valence-corrected chi connectivity index (χ0v) is 10.5. The number of hydrogen-bond acceptors (Lipinski definition) is 6. The molecule has 0 atom stereocenters. The van der Waals surface area contributed by atoms with Crippen LogP contribution in [0, 0.1) is 0 Å². The van der Waals surface area contributed by atoms with Gasteiger partial charge in [-0.15, -0.1) is 0 Å². The van der Waals surface area contributed by atoms with E-state index in [0.29, 0.717) is 22.8 Å². The standard InChI is InChI=1S/C11H11ClN2O4/c1-16-7-4-6(15)10(12)9(11(7)17-2)5-3-8(13)18-14-5/h3-4,15H,13H2,1-2H3. The van der Waals surface area contributed by atoms with Crippen LogP contribution in [0.3, 0.4) is 0 Å². The Morgan fingerprint density at radius 2 is 2.06 bits per heavy atom. The van der Waals surface area contributed by atoms with Crippen LogP contribution in [-0.4, -0.2) is 24.5 Å². The van der Waals surface area contributed by atoms with Gasteiger partial charge in [0.1, 0.15) is 11.4 Å². The first kappa shape index (κ1) is 12.4. The summed E-state index contributed by atoms with van der Waals surface area (Å²) in [6.45, 7) is 0. The Hall–Kier alpha value is -2.08. The van der Waals surface area contributed by atoms with Gasteiger partial charge < -0.3 is 24.8 Å². The molecule has 96 valence electrons. The van der Waals surface area contributed by atoms with Crippen LogP contribution < -0.4 is 15.2 Å². The van der Waals surface area contributed by atoms with Gasteiger partial charge in [-0.05, 0) is 0 Å². The summed E-state index contributed by atoms with van der Waals surface area (Å²) in [5, 5.41) is 13.6. The molecule has 1 heterocycles. The predicted molar refractivity (Wildman–Crippen MR) is 66.1 cm³/mol. The molecule has 2 rings (SSSR count). The van der Waals surface area contributed by atoms with E-state index in [0.717, 1.165) is 0 Å². The molecule has 0 aliphatic rings. The van der Waals surface area contributed by atoms with Crippen molar-refractivity contribution < 1.29 is 19.1 Å². The van der Waals surface area contributed by atoms with Crippen LogP contribution in [0.25, 0.3) is 11.3 Å². The maximum absolute atomic E-state index is 9.74. The van der Waals surface area contributed by atoms with E-state index >= 15 is 0 Å². The summed E-state index contributed by atoms with van der Waals surface area (Å²) in [4.78, 5) is 0. The average Bonchev–Trinajstić information content (AvgIpc) is 2.78. The van der Waals surface area contributed by atoms with Gasteiger partial charge in [0, 0.05) is 12.1 Å². The van der Waals surface area contributed by atoms with Gasteiger partial charge in [0.25, 0.3) is 0 Å². The predicted octanol–water partition coefficient (Wildman–Crippen LogP) is 2.30. The third kappa shape index (κ3) is 1.91. The number of aromatic hydroxyl groups is 1. The van der Waals surface area contributed by atoms with Crippen LogP contribution in [-0.2, 0) is 0 Å². The summed E-state index contributed by atoms with van der Waals surface area (Å²) < 4.78 is 15.1. The first-order valence-corrected chi connectivity index (χ1v) is 5.32. The Morgan fingerprint density at radius 1 is 1.33 bits per heavy atom. The van der Waals surface area contributed by atoms with Crippen LogP contribution in [0.1, 0.15) is 0 Å². The number of nitrogens with zero attached hydrogens (tertiary/aromatic N) is 1. The number of phenols is 1. The van der Waals surface area contributed by atoms with Crippen LogP contribution in [0.4, 0.5) is 5.88 Å². The third-order valence-electron chi connectivity index (χ3n) is 2.37. The zero-order chi connectivity index (χ0) is 13.3. The molecule has 0 amide bonds. The Balaban J connectivity index is 2.74. The second-order valence-electron chi connectivity index (χ2n) is 3.43. The number of hydrogen-bond donors (Lipinski definition) is 2. The van der Waals surface area contributed by atoms with Crippen LogP contribution in [0.15, 0.2) is 16.7 Å². The molecule has 1 aromatic carbocycles. The highest BCUT2D eigenvalue weighted by Gasteiger charge is 2.22. The van der Waals surface area contributed by atoms with Gasteiger partial charge in [-0.25, -0.2) is 0 Å². The number of nitrogen functional groups attached to an aromatic ring is 1.